The van der Waals surface area contributed by atoms with E-state index in [1.807, 2.05) is 0 Å². The van der Waals surface area contributed by atoms with Gasteiger partial charge in [0.1, 0.15) is 11.6 Å². The maximum Gasteiger partial charge on any atom is 0.257 e. The van der Waals surface area contributed by atoms with E-state index in [9.17, 15) is 14.0 Å². The Balaban J connectivity index is 1.32. The molecule has 10 heteroatoms. The van der Waals surface area contributed by atoms with E-state index in [4.69, 9.17) is 26.5 Å². The molecular weight excluding hydrogens is 528 g/mol. The van der Waals surface area contributed by atoms with Gasteiger partial charge in [-0.15, -0.1) is 0 Å². The average molecular weight is 552 g/mol. The topological polar surface area (TPSA) is 98.7 Å². The van der Waals surface area contributed by atoms with Crippen LogP contribution >= 0.6 is 11.6 Å². The van der Waals surface area contributed by atoms with Gasteiger partial charge >= 0.3 is 0 Å². The van der Waals surface area contributed by atoms with Gasteiger partial charge in [-0.3, -0.25) is 9.59 Å². The van der Waals surface area contributed by atoms with Crippen molar-refractivity contribution >= 4 is 46.2 Å². The van der Waals surface area contributed by atoms with Crippen LogP contribution in [0.2, 0.25) is 5.02 Å². The van der Waals surface area contributed by atoms with Gasteiger partial charge in [-0.1, -0.05) is 17.7 Å². The summed E-state index contributed by atoms with van der Waals surface area (Å²) in [4.78, 5) is 30.4. The molecule has 5 rings (SSSR count). The standard InChI is InChI=1S/C29H24ClF2N3O4/c30-24-15-18(22-6-7-23(27(32)26(22)31)29(37)35-9-11-38-12-10-35)13-19-14-21(39-28(19)24)5-4-20(36)3-1-17-2-8-25(33)34-16-17/h1-3,6-8,13-16H,4-5,9-12H2,(H2,33,34)/b3-1+. The lowest BCUT2D eigenvalue weighted by Crippen LogP contribution is -2.41. The summed E-state index contributed by atoms with van der Waals surface area (Å²) < 4.78 is 41.2. The van der Waals surface area contributed by atoms with Crippen LogP contribution in [0, 0.1) is 11.6 Å². The molecule has 0 saturated carbocycles. The number of aryl methyl sites for hydroxylation is 1. The summed E-state index contributed by atoms with van der Waals surface area (Å²) in [6.45, 7) is 1.34. The zero-order chi connectivity index (χ0) is 27.5. The van der Waals surface area contributed by atoms with Crippen molar-refractivity contribution in [2.75, 3.05) is 32.0 Å². The molecule has 39 heavy (non-hydrogen) atoms. The Labute approximate surface area is 227 Å². The minimum atomic E-state index is -1.21. The van der Waals surface area contributed by atoms with Crippen molar-refractivity contribution in [3.05, 3.63) is 88.3 Å². The molecule has 2 N–H and O–H groups in total. The third-order valence-corrected chi connectivity index (χ3v) is 6.71. The number of furan rings is 1. The van der Waals surface area contributed by atoms with Crippen LogP contribution < -0.4 is 5.73 Å². The van der Waals surface area contributed by atoms with Gasteiger partial charge < -0.3 is 19.8 Å². The van der Waals surface area contributed by atoms with Crippen molar-refractivity contribution in [2.24, 2.45) is 0 Å². The van der Waals surface area contributed by atoms with Crippen molar-refractivity contribution in [1.82, 2.24) is 9.88 Å². The number of fused-ring (bicyclic) bond motifs is 1. The van der Waals surface area contributed by atoms with Crippen LogP contribution in [0.15, 0.2) is 59.2 Å². The number of nitrogens with two attached hydrogens (primary N) is 1. The molecule has 200 valence electrons. The molecule has 0 bridgehead atoms. The van der Waals surface area contributed by atoms with Crippen molar-refractivity contribution in [2.45, 2.75) is 12.8 Å². The summed E-state index contributed by atoms with van der Waals surface area (Å²) in [6.07, 6.45) is 5.21. The summed E-state index contributed by atoms with van der Waals surface area (Å²) in [5, 5.41) is 0.792. The van der Waals surface area contributed by atoms with Gasteiger partial charge in [-0.05, 0) is 59.7 Å². The third kappa shape index (κ3) is 5.84. The van der Waals surface area contributed by atoms with Crippen LogP contribution in [-0.4, -0.2) is 47.9 Å². The van der Waals surface area contributed by atoms with Crippen molar-refractivity contribution in [3.8, 4) is 11.1 Å². The van der Waals surface area contributed by atoms with E-state index in [1.165, 1.54) is 29.2 Å². The zero-order valence-electron chi connectivity index (χ0n) is 20.8. The number of amides is 1. The number of nitrogen functional groups attached to an aromatic ring is 1. The summed E-state index contributed by atoms with van der Waals surface area (Å²) in [5.74, 6) is -2.12. The molecule has 1 aliphatic heterocycles. The molecule has 1 fully saturated rings. The van der Waals surface area contributed by atoms with E-state index < -0.39 is 17.5 Å². The number of rotatable bonds is 7. The number of ketones is 1. The van der Waals surface area contributed by atoms with E-state index in [0.29, 0.717) is 60.8 Å². The number of hydrogen-bond donors (Lipinski definition) is 1. The van der Waals surface area contributed by atoms with Crippen LogP contribution in [0.25, 0.3) is 28.2 Å². The molecule has 0 radical (unpaired) electrons. The number of benzene rings is 2. The molecule has 1 saturated heterocycles. The number of aromatic nitrogens is 1. The van der Waals surface area contributed by atoms with Crippen LogP contribution in [0.4, 0.5) is 14.6 Å². The van der Waals surface area contributed by atoms with E-state index in [-0.39, 0.29) is 28.4 Å². The number of allylic oxidation sites excluding steroid dienone is 1. The fraction of sp³-hybridized carbons (Fsp3) is 0.207. The second-order valence-electron chi connectivity index (χ2n) is 9.10. The Bertz CT molecular complexity index is 1580. The molecular formula is C29H24ClF2N3O4. The molecule has 4 aromatic rings. The van der Waals surface area contributed by atoms with Gasteiger partial charge in [0.2, 0.25) is 0 Å². The number of morpholine rings is 1. The zero-order valence-corrected chi connectivity index (χ0v) is 21.5. The van der Waals surface area contributed by atoms with Crippen LogP contribution in [0.1, 0.15) is 28.1 Å². The Kier molecular flexibility index (Phi) is 7.72. The molecule has 1 amide bonds. The fourth-order valence-corrected chi connectivity index (χ4v) is 4.62. The summed E-state index contributed by atoms with van der Waals surface area (Å²) in [6, 6.07) is 10.9. The Morgan fingerprint density at radius 3 is 2.62 bits per heavy atom. The molecule has 0 spiro atoms. The molecule has 3 heterocycles. The number of hydrogen-bond acceptors (Lipinski definition) is 6. The van der Waals surface area contributed by atoms with Crippen molar-refractivity contribution < 1.29 is 27.5 Å². The fourth-order valence-electron chi connectivity index (χ4n) is 4.35. The second kappa shape index (κ2) is 11.3. The van der Waals surface area contributed by atoms with Gasteiger partial charge in [-0.2, -0.15) is 0 Å². The number of ether oxygens (including phenoxy) is 1. The van der Waals surface area contributed by atoms with E-state index in [1.54, 1.807) is 36.5 Å². The van der Waals surface area contributed by atoms with E-state index >= 15 is 4.39 Å². The number of nitrogens with zero attached hydrogens (tertiary/aromatic N) is 2. The number of carbonyl (C=O) groups excluding carboxylic acids is 2. The largest absolute Gasteiger partial charge is 0.459 e. The number of anilines is 1. The normalized spacial score (nSPS) is 13.9. The Morgan fingerprint density at radius 2 is 1.87 bits per heavy atom. The highest BCUT2D eigenvalue weighted by molar-refractivity contribution is 6.35. The van der Waals surface area contributed by atoms with Crippen LogP contribution in [-0.2, 0) is 16.0 Å². The molecule has 0 aliphatic carbocycles. The summed E-state index contributed by atoms with van der Waals surface area (Å²) in [5.41, 5.74) is 6.66. The minimum Gasteiger partial charge on any atom is -0.459 e. The summed E-state index contributed by atoms with van der Waals surface area (Å²) in [7, 11) is 0. The maximum absolute atomic E-state index is 15.1. The van der Waals surface area contributed by atoms with Crippen LogP contribution in [0.3, 0.4) is 0 Å². The lowest BCUT2D eigenvalue weighted by Gasteiger charge is -2.27. The summed E-state index contributed by atoms with van der Waals surface area (Å²) >= 11 is 6.42. The minimum absolute atomic E-state index is 0.0324. The Morgan fingerprint density at radius 1 is 1.08 bits per heavy atom. The first kappa shape index (κ1) is 26.5. The number of carbonyl (C=O) groups is 2. The average Bonchev–Trinajstić information content (AvgIpc) is 3.37. The van der Waals surface area contributed by atoms with Crippen LogP contribution in [0.5, 0.6) is 0 Å². The molecule has 0 atom stereocenters. The lowest BCUT2D eigenvalue weighted by molar-refractivity contribution is -0.114. The van der Waals surface area contributed by atoms with Crippen molar-refractivity contribution in [1.29, 1.82) is 0 Å². The second-order valence-corrected chi connectivity index (χ2v) is 9.51. The maximum atomic E-state index is 15.1. The monoisotopic (exact) mass is 551 g/mol. The predicted octanol–water partition coefficient (Wildman–Crippen LogP) is 5.70. The number of halogens is 3. The van der Waals surface area contributed by atoms with Gasteiger partial charge in [0.25, 0.3) is 5.91 Å². The first-order valence-electron chi connectivity index (χ1n) is 12.3. The molecule has 2 aromatic carbocycles. The predicted molar refractivity (Wildman–Crippen MR) is 144 cm³/mol. The highest BCUT2D eigenvalue weighted by atomic mass is 35.5. The highest BCUT2D eigenvalue weighted by Crippen LogP contribution is 2.35. The van der Waals surface area contributed by atoms with E-state index in [0.717, 1.165) is 5.56 Å². The van der Waals surface area contributed by atoms with Gasteiger partial charge in [0.05, 0.1) is 23.8 Å². The number of pyridine rings is 1. The van der Waals surface area contributed by atoms with Gasteiger partial charge in [0, 0.05) is 43.1 Å². The van der Waals surface area contributed by atoms with Gasteiger partial charge in [-0.25, -0.2) is 13.8 Å². The first-order chi connectivity index (χ1) is 18.8. The van der Waals surface area contributed by atoms with Gasteiger partial charge in [0.15, 0.2) is 23.0 Å². The quantitative estimate of drug-likeness (QED) is 0.296. The van der Waals surface area contributed by atoms with E-state index in [2.05, 4.69) is 4.98 Å². The molecule has 1 aliphatic rings. The highest BCUT2D eigenvalue weighted by Gasteiger charge is 2.25. The Hall–Kier alpha value is -4.08. The first-order valence-corrected chi connectivity index (χ1v) is 12.7. The molecule has 7 nitrogen and oxygen atoms in total. The lowest BCUT2D eigenvalue weighted by atomic mass is 10.0. The smallest absolute Gasteiger partial charge is 0.257 e. The molecule has 2 aromatic heterocycles. The third-order valence-electron chi connectivity index (χ3n) is 6.43. The molecule has 0 unspecified atom stereocenters. The van der Waals surface area contributed by atoms with Crippen molar-refractivity contribution in [3.63, 3.8) is 0 Å². The SMILES string of the molecule is Nc1ccc(/C=C/C(=O)CCc2cc3cc(-c4ccc(C(=O)N5CCOCC5)c(F)c4F)cc(Cl)c3o2)cn1.